The van der Waals surface area contributed by atoms with Crippen molar-refractivity contribution in [3.63, 3.8) is 0 Å². The van der Waals surface area contributed by atoms with Crippen LogP contribution in [0, 0.1) is 0 Å². The summed E-state index contributed by atoms with van der Waals surface area (Å²) in [6.45, 7) is 3.20. The summed E-state index contributed by atoms with van der Waals surface area (Å²) in [7, 11) is 3.27. The van der Waals surface area contributed by atoms with Gasteiger partial charge in [-0.15, -0.1) is 0 Å². The van der Waals surface area contributed by atoms with Crippen molar-refractivity contribution in [2.75, 3.05) is 27.3 Å². The van der Waals surface area contributed by atoms with Crippen molar-refractivity contribution < 1.29 is 14.2 Å². The average molecular weight is 527 g/mol. The summed E-state index contributed by atoms with van der Waals surface area (Å²) in [5.41, 5.74) is 5.85. The quantitative estimate of drug-likeness (QED) is 0.288. The lowest BCUT2D eigenvalue weighted by atomic mass is 10.1. The lowest BCUT2D eigenvalue weighted by Crippen LogP contribution is -2.29. The summed E-state index contributed by atoms with van der Waals surface area (Å²) in [6.07, 6.45) is 11.8. The first-order chi connectivity index (χ1) is 19.2. The number of aromatic hydroxyl groups is 1. The molecule has 4 aromatic heterocycles. The van der Waals surface area contributed by atoms with Crippen LogP contribution in [0.3, 0.4) is 0 Å². The van der Waals surface area contributed by atoms with E-state index >= 15 is 0 Å². The molecule has 6 rings (SSSR count). The van der Waals surface area contributed by atoms with Gasteiger partial charge in [0.25, 0.3) is 5.75 Å². The molecule has 0 spiro atoms. The maximum Gasteiger partial charge on any atom is 0.297 e. The van der Waals surface area contributed by atoms with Crippen LogP contribution in [-0.2, 0) is 13.2 Å². The number of methoxy groups -OCH3 is 2. The van der Waals surface area contributed by atoms with E-state index in [0.29, 0.717) is 25.1 Å². The van der Waals surface area contributed by atoms with E-state index in [2.05, 4.69) is 43.4 Å². The zero-order valence-corrected chi connectivity index (χ0v) is 22.1. The van der Waals surface area contributed by atoms with Crippen molar-refractivity contribution in [3.05, 3.63) is 78.6 Å². The molecule has 1 aliphatic heterocycles. The van der Waals surface area contributed by atoms with Crippen LogP contribution in [0.5, 0.6) is 17.4 Å². The van der Waals surface area contributed by atoms with Crippen molar-refractivity contribution in [1.82, 2.24) is 34.6 Å². The van der Waals surface area contributed by atoms with Crippen molar-refractivity contribution in [3.8, 4) is 28.5 Å². The summed E-state index contributed by atoms with van der Waals surface area (Å²) in [4.78, 5) is 13.6. The molecule has 0 amide bonds. The summed E-state index contributed by atoms with van der Waals surface area (Å²) in [6, 6.07) is 12.4. The maximum atomic E-state index is 5.65. The van der Waals surface area contributed by atoms with Crippen LogP contribution in [0.15, 0.2) is 67.5 Å². The summed E-state index contributed by atoms with van der Waals surface area (Å²) >= 11 is 0. The van der Waals surface area contributed by atoms with Gasteiger partial charge in [0.2, 0.25) is 18.2 Å². The molecule has 0 atom stereocenters. The topological polar surface area (TPSA) is 105 Å². The second-order valence-electron chi connectivity index (χ2n) is 9.66. The molecule has 39 heavy (non-hydrogen) atoms. The van der Waals surface area contributed by atoms with Gasteiger partial charge in [0.15, 0.2) is 5.65 Å². The number of ether oxygens (including phenoxy) is 3. The molecule has 0 aliphatic carbocycles. The number of fused-ring (bicyclic) bond motifs is 1. The van der Waals surface area contributed by atoms with Crippen molar-refractivity contribution in [2.24, 2.45) is 0 Å². The molecule has 1 aromatic carbocycles. The number of hydrogen-bond donors (Lipinski definition) is 1. The zero-order chi connectivity index (χ0) is 26.6. The van der Waals surface area contributed by atoms with E-state index in [1.54, 1.807) is 20.4 Å². The highest BCUT2D eigenvalue weighted by molar-refractivity contribution is 5.77. The fourth-order valence-electron chi connectivity index (χ4n) is 4.93. The van der Waals surface area contributed by atoms with E-state index < -0.39 is 0 Å². The monoisotopic (exact) mass is 526 g/mol. The van der Waals surface area contributed by atoms with Crippen LogP contribution in [0.4, 0.5) is 0 Å². The Kier molecular flexibility index (Phi) is 7.09. The van der Waals surface area contributed by atoms with Gasteiger partial charge >= 0.3 is 0 Å². The Bertz CT molecular complexity index is 1560. The predicted octanol–water partition coefficient (Wildman–Crippen LogP) is 4.12. The number of benzene rings is 1. The molecule has 200 valence electrons. The average Bonchev–Trinajstić information content (AvgIpc) is 3.65. The number of pyridine rings is 2. The predicted molar refractivity (Wildman–Crippen MR) is 148 cm³/mol. The molecule has 1 fully saturated rings. The first-order valence-electron chi connectivity index (χ1n) is 13.1. The van der Waals surface area contributed by atoms with Crippen LogP contribution >= 0.6 is 0 Å². The molecule has 2 N–H and O–H groups in total. The molecule has 10 heteroatoms. The normalized spacial score (nSPS) is 14.0. The van der Waals surface area contributed by atoms with Crippen molar-refractivity contribution >= 4 is 11.2 Å². The fourth-order valence-corrected chi connectivity index (χ4v) is 4.93. The molecular formula is C29H32N7O3+. The Labute approximate surface area is 226 Å². The van der Waals surface area contributed by atoms with Gasteiger partial charge in [-0.2, -0.15) is 5.10 Å². The first-order valence-corrected chi connectivity index (χ1v) is 13.1. The van der Waals surface area contributed by atoms with E-state index in [4.69, 9.17) is 19.2 Å². The number of nitrogens with zero attached hydrogens (tertiary/aromatic N) is 6. The minimum atomic E-state index is 0.450. The Morgan fingerprint density at radius 1 is 0.923 bits per heavy atom. The minimum Gasteiger partial charge on any atom is -0.577 e. The van der Waals surface area contributed by atoms with Gasteiger partial charge in [-0.1, -0.05) is 0 Å². The number of rotatable bonds is 9. The van der Waals surface area contributed by atoms with Crippen LogP contribution in [0.25, 0.3) is 22.3 Å². The number of piperidine rings is 1. The van der Waals surface area contributed by atoms with Gasteiger partial charge in [-0.25, -0.2) is 15.0 Å². The van der Waals surface area contributed by atoms with Crippen LogP contribution in [-0.4, -0.2) is 61.3 Å². The molecule has 1 aliphatic rings. The molecule has 0 bridgehead atoms. The van der Waals surface area contributed by atoms with Gasteiger partial charge in [0.05, 0.1) is 44.9 Å². The highest BCUT2D eigenvalue weighted by atomic mass is 16.5. The number of hydrogen-bond acceptors (Lipinski definition) is 7. The smallest absolute Gasteiger partial charge is 0.297 e. The third kappa shape index (κ3) is 5.42. The maximum absolute atomic E-state index is 5.65. The highest BCUT2D eigenvalue weighted by Crippen LogP contribution is 2.31. The third-order valence-corrected chi connectivity index (χ3v) is 7.11. The van der Waals surface area contributed by atoms with Crippen molar-refractivity contribution in [2.45, 2.75) is 32.0 Å². The molecular weight excluding hydrogens is 494 g/mol. The molecule has 10 nitrogen and oxygen atoms in total. The summed E-state index contributed by atoms with van der Waals surface area (Å²) in [5, 5.41) is 8.03. The lowest BCUT2D eigenvalue weighted by Gasteiger charge is -2.22. The first kappa shape index (κ1) is 24.9. The molecule has 5 heterocycles. The summed E-state index contributed by atoms with van der Waals surface area (Å²) < 4.78 is 19.6. The van der Waals surface area contributed by atoms with Crippen LogP contribution in [0.2, 0.25) is 0 Å². The molecule has 0 saturated carbocycles. The molecule has 0 radical (unpaired) electrons. The standard InChI is InChI=1S/C29H31N7O3/c1-37-27-11-20(3-5-26(27)39-18-21-4-6-28(38-2)31-13-21)16-35-19-33-25-12-22(14-32-29(25)35)23-15-34-36(17-23)24-7-9-30-10-8-24/h3-6,11-15,17,19,24,30H,7-10,16,18H2,1-2H3/p+1. The Balaban J connectivity index is 1.15. The van der Waals surface area contributed by atoms with Crippen molar-refractivity contribution in [1.29, 1.82) is 0 Å². The molecule has 5 aromatic rings. The molecule has 1 saturated heterocycles. The van der Waals surface area contributed by atoms with E-state index in [9.17, 15) is 0 Å². The SMILES string of the molecule is COc1ccc(C[OH+]c2ccc(Cn3cnc4cc(-c5cnn(C6CCNCC6)c5)cnc43)cc2OC)cn1. The van der Waals surface area contributed by atoms with Gasteiger partial charge < -0.3 is 24.1 Å². The van der Waals surface area contributed by atoms with E-state index in [1.807, 2.05) is 47.6 Å². The largest absolute Gasteiger partial charge is 0.577 e. The van der Waals surface area contributed by atoms with Crippen LogP contribution in [0.1, 0.15) is 30.0 Å². The van der Waals surface area contributed by atoms with Gasteiger partial charge in [0, 0.05) is 41.9 Å². The van der Waals surface area contributed by atoms with Crippen LogP contribution < -0.4 is 14.8 Å². The number of aliphatic hydroxyl groups is 1. The fraction of sp³-hybridized carbons (Fsp3) is 0.310. The number of aromatic nitrogens is 6. The van der Waals surface area contributed by atoms with E-state index in [-0.39, 0.29) is 0 Å². The van der Waals surface area contributed by atoms with Gasteiger partial charge in [-0.05, 0) is 55.8 Å². The van der Waals surface area contributed by atoms with E-state index in [0.717, 1.165) is 70.8 Å². The van der Waals surface area contributed by atoms with Gasteiger partial charge in [0.1, 0.15) is 5.52 Å². The lowest BCUT2D eigenvalue weighted by molar-refractivity contribution is 0.0469. The van der Waals surface area contributed by atoms with Gasteiger partial charge in [-0.3, -0.25) is 4.68 Å². The highest BCUT2D eigenvalue weighted by Gasteiger charge is 2.17. The summed E-state index contributed by atoms with van der Waals surface area (Å²) in [5.74, 6) is 2.10. The Morgan fingerprint density at radius 3 is 2.59 bits per heavy atom. The minimum absolute atomic E-state index is 0.450. The third-order valence-electron chi connectivity index (χ3n) is 7.11. The Morgan fingerprint density at radius 2 is 1.79 bits per heavy atom. The van der Waals surface area contributed by atoms with E-state index in [1.165, 1.54) is 0 Å². The second-order valence-corrected chi connectivity index (χ2v) is 9.66. The molecule has 0 unspecified atom stereocenters. The Hall–Kier alpha value is -4.44. The zero-order valence-electron chi connectivity index (χ0n) is 22.1. The second kappa shape index (κ2) is 11.1. The number of imidazole rings is 1. The number of nitrogens with one attached hydrogen (secondary N) is 1.